The highest BCUT2D eigenvalue weighted by Crippen LogP contribution is 2.38. The van der Waals surface area contributed by atoms with E-state index in [2.05, 4.69) is 10.3 Å². The highest BCUT2D eigenvalue weighted by Gasteiger charge is 2.36. The SMILES string of the molecule is COc1ccc(C(NC(=O)c2cccc(N(C)C)c2)C2CC(O)C2)cn1. The van der Waals surface area contributed by atoms with Crippen molar-refractivity contribution in [3.05, 3.63) is 53.7 Å². The van der Waals surface area contributed by atoms with Gasteiger partial charge in [-0.1, -0.05) is 12.1 Å². The second kappa shape index (κ2) is 7.74. The van der Waals surface area contributed by atoms with Gasteiger partial charge in [0.15, 0.2) is 0 Å². The summed E-state index contributed by atoms with van der Waals surface area (Å²) in [7, 11) is 5.46. The topological polar surface area (TPSA) is 74.7 Å². The van der Waals surface area contributed by atoms with Crippen LogP contribution >= 0.6 is 0 Å². The van der Waals surface area contributed by atoms with Crippen LogP contribution in [-0.4, -0.2) is 43.3 Å². The Morgan fingerprint density at radius 1 is 1.31 bits per heavy atom. The minimum atomic E-state index is -0.289. The predicted molar refractivity (Wildman–Crippen MR) is 100 cm³/mol. The van der Waals surface area contributed by atoms with Crippen molar-refractivity contribution >= 4 is 11.6 Å². The number of pyridine rings is 1. The van der Waals surface area contributed by atoms with Gasteiger partial charge in [0.1, 0.15) is 0 Å². The van der Waals surface area contributed by atoms with Crippen molar-refractivity contribution in [2.24, 2.45) is 5.92 Å². The first-order chi connectivity index (χ1) is 12.5. The Hall–Kier alpha value is -2.60. The van der Waals surface area contributed by atoms with E-state index >= 15 is 0 Å². The van der Waals surface area contributed by atoms with Crippen LogP contribution in [-0.2, 0) is 0 Å². The molecule has 6 heteroatoms. The molecule has 1 aromatic heterocycles. The summed E-state index contributed by atoms with van der Waals surface area (Å²) in [6.07, 6.45) is 2.79. The van der Waals surface area contributed by atoms with Crippen LogP contribution in [0.4, 0.5) is 5.69 Å². The lowest BCUT2D eigenvalue weighted by molar-refractivity contribution is 0.0234. The Bertz CT molecular complexity index is 755. The molecule has 0 aliphatic heterocycles. The van der Waals surface area contributed by atoms with Crippen molar-refractivity contribution in [2.75, 3.05) is 26.1 Å². The van der Waals surface area contributed by atoms with E-state index in [0.29, 0.717) is 24.3 Å². The van der Waals surface area contributed by atoms with Crippen molar-refractivity contribution < 1.29 is 14.6 Å². The Kier molecular flexibility index (Phi) is 5.42. The number of hydrogen-bond acceptors (Lipinski definition) is 5. The number of aliphatic hydroxyl groups excluding tert-OH is 1. The maximum absolute atomic E-state index is 12.8. The molecule has 0 spiro atoms. The molecule has 1 aliphatic rings. The van der Waals surface area contributed by atoms with Crippen LogP contribution < -0.4 is 15.0 Å². The number of nitrogens with one attached hydrogen (secondary N) is 1. The maximum Gasteiger partial charge on any atom is 0.251 e. The zero-order valence-electron chi connectivity index (χ0n) is 15.3. The van der Waals surface area contributed by atoms with E-state index in [0.717, 1.165) is 11.3 Å². The fourth-order valence-electron chi connectivity index (χ4n) is 3.22. The number of benzene rings is 1. The molecule has 2 aromatic rings. The monoisotopic (exact) mass is 355 g/mol. The average molecular weight is 355 g/mol. The molecule has 138 valence electrons. The summed E-state index contributed by atoms with van der Waals surface area (Å²) < 4.78 is 5.11. The Morgan fingerprint density at radius 2 is 2.08 bits per heavy atom. The van der Waals surface area contributed by atoms with Crippen molar-refractivity contribution in [1.29, 1.82) is 0 Å². The molecule has 2 N–H and O–H groups in total. The molecule has 6 nitrogen and oxygen atoms in total. The van der Waals surface area contributed by atoms with E-state index in [1.165, 1.54) is 0 Å². The molecular formula is C20H25N3O3. The highest BCUT2D eigenvalue weighted by molar-refractivity contribution is 5.95. The number of methoxy groups -OCH3 is 1. The lowest BCUT2D eigenvalue weighted by atomic mass is 9.75. The van der Waals surface area contributed by atoms with E-state index in [4.69, 9.17) is 4.74 Å². The summed E-state index contributed by atoms with van der Waals surface area (Å²) in [6, 6.07) is 11.0. The molecule has 0 saturated heterocycles. The Morgan fingerprint density at radius 3 is 2.65 bits per heavy atom. The quantitative estimate of drug-likeness (QED) is 0.832. The normalized spacial score (nSPS) is 20.0. The van der Waals surface area contributed by atoms with Crippen LogP contribution in [0.15, 0.2) is 42.6 Å². The number of rotatable bonds is 6. The molecule has 1 atom stereocenters. The first-order valence-corrected chi connectivity index (χ1v) is 8.74. The molecule has 1 unspecified atom stereocenters. The third-order valence-electron chi connectivity index (χ3n) is 4.86. The average Bonchev–Trinajstić information content (AvgIpc) is 2.64. The van der Waals surface area contributed by atoms with Crippen molar-refractivity contribution in [3.8, 4) is 5.88 Å². The number of ether oxygens (including phenoxy) is 1. The third kappa shape index (κ3) is 3.96. The molecule has 1 amide bonds. The van der Waals surface area contributed by atoms with Gasteiger partial charge < -0.3 is 20.1 Å². The van der Waals surface area contributed by atoms with Crippen LogP contribution in [0.25, 0.3) is 0 Å². The molecule has 1 aromatic carbocycles. The van der Waals surface area contributed by atoms with Gasteiger partial charge in [-0.2, -0.15) is 0 Å². The minimum absolute atomic E-state index is 0.129. The van der Waals surface area contributed by atoms with E-state index in [9.17, 15) is 9.90 Å². The van der Waals surface area contributed by atoms with E-state index < -0.39 is 0 Å². The number of carbonyl (C=O) groups excluding carboxylic acids is 1. The molecule has 1 saturated carbocycles. The van der Waals surface area contributed by atoms with Gasteiger partial charge in [0.25, 0.3) is 5.91 Å². The largest absolute Gasteiger partial charge is 0.481 e. The summed E-state index contributed by atoms with van der Waals surface area (Å²) in [5.74, 6) is 0.600. The third-order valence-corrected chi connectivity index (χ3v) is 4.86. The summed E-state index contributed by atoms with van der Waals surface area (Å²) in [6.45, 7) is 0. The predicted octanol–water partition coefficient (Wildman–Crippen LogP) is 2.40. The summed E-state index contributed by atoms with van der Waals surface area (Å²) in [5.41, 5.74) is 2.50. The standard InChI is InChI=1S/C20H25N3O3/c1-23(2)16-6-4-5-13(9-16)20(25)22-19(15-10-17(24)11-15)14-7-8-18(26-3)21-12-14/h4-9,12,15,17,19,24H,10-11H2,1-3H3,(H,22,25). The van der Waals surface area contributed by atoms with E-state index in [1.807, 2.05) is 43.3 Å². The summed E-state index contributed by atoms with van der Waals surface area (Å²) in [5, 5.41) is 12.8. The number of aromatic nitrogens is 1. The molecule has 1 aliphatic carbocycles. The first kappa shape index (κ1) is 18.2. The van der Waals surface area contributed by atoms with Gasteiger partial charge in [0.2, 0.25) is 5.88 Å². The van der Waals surface area contributed by atoms with Crippen molar-refractivity contribution in [1.82, 2.24) is 10.3 Å². The fraction of sp³-hybridized carbons (Fsp3) is 0.400. The van der Waals surface area contributed by atoms with Gasteiger partial charge in [-0.3, -0.25) is 4.79 Å². The first-order valence-electron chi connectivity index (χ1n) is 8.74. The van der Waals surface area contributed by atoms with Crippen molar-refractivity contribution in [2.45, 2.75) is 25.0 Å². The summed E-state index contributed by atoms with van der Waals surface area (Å²) >= 11 is 0. The number of anilines is 1. The minimum Gasteiger partial charge on any atom is -0.481 e. The molecular weight excluding hydrogens is 330 g/mol. The van der Waals surface area contributed by atoms with Gasteiger partial charge in [-0.15, -0.1) is 0 Å². The van der Waals surface area contributed by atoms with Gasteiger partial charge >= 0.3 is 0 Å². The maximum atomic E-state index is 12.8. The van der Waals surface area contributed by atoms with Crippen LogP contribution in [0, 0.1) is 5.92 Å². The molecule has 3 rings (SSSR count). The molecule has 0 radical (unpaired) electrons. The van der Waals surface area contributed by atoms with Crippen LogP contribution in [0.3, 0.4) is 0 Å². The van der Waals surface area contributed by atoms with Crippen molar-refractivity contribution in [3.63, 3.8) is 0 Å². The van der Waals surface area contributed by atoms with Gasteiger partial charge in [-0.05, 0) is 42.5 Å². The smallest absolute Gasteiger partial charge is 0.251 e. The Balaban J connectivity index is 1.81. The molecule has 0 bridgehead atoms. The lowest BCUT2D eigenvalue weighted by Gasteiger charge is -2.38. The zero-order valence-corrected chi connectivity index (χ0v) is 15.3. The van der Waals surface area contributed by atoms with Crippen LogP contribution in [0.2, 0.25) is 0 Å². The molecule has 1 fully saturated rings. The molecule has 1 heterocycles. The van der Waals surface area contributed by atoms with Gasteiger partial charge in [0, 0.05) is 37.6 Å². The summed E-state index contributed by atoms with van der Waals surface area (Å²) in [4.78, 5) is 19.0. The number of aliphatic hydroxyl groups is 1. The number of amides is 1. The molecule has 26 heavy (non-hydrogen) atoms. The Labute approximate surface area is 153 Å². The van der Waals surface area contributed by atoms with E-state index in [-0.39, 0.29) is 24.0 Å². The van der Waals surface area contributed by atoms with E-state index in [1.54, 1.807) is 25.4 Å². The number of carbonyl (C=O) groups is 1. The van der Waals surface area contributed by atoms with Gasteiger partial charge in [0.05, 0.1) is 19.3 Å². The lowest BCUT2D eigenvalue weighted by Crippen LogP contribution is -2.41. The highest BCUT2D eigenvalue weighted by atomic mass is 16.5. The van der Waals surface area contributed by atoms with Crippen LogP contribution in [0.5, 0.6) is 5.88 Å². The zero-order chi connectivity index (χ0) is 18.7. The second-order valence-corrected chi connectivity index (χ2v) is 6.92. The van der Waals surface area contributed by atoms with Crippen LogP contribution in [0.1, 0.15) is 34.8 Å². The second-order valence-electron chi connectivity index (χ2n) is 6.92. The number of hydrogen-bond donors (Lipinski definition) is 2. The number of nitrogens with zero attached hydrogens (tertiary/aromatic N) is 2. The van der Waals surface area contributed by atoms with Gasteiger partial charge in [-0.25, -0.2) is 4.98 Å². The fourth-order valence-corrected chi connectivity index (χ4v) is 3.22.